The van der Waals surface area contributed by atoms with Gasteiger partial charge >= 0.3 is 12.1 Å². The second-order valence-corrected chi connectivity index (χ2v) is 11.9. The third-order valence-corrected chi connectivity index (χ3v) is 6.69. The van der Waals surface area contributed by atoms with Gasteiger partial charge in [-0.15, -0.1) is 0 Å². The van der Waals surface area contributed by atoms with Crippen LogP contribution in [0.5, 0.6) is 0 Å². The maximum atomic E-state index is 13.7. The van der Waals surface area contributed by atoms with Crippen molar-refractivity contribution in [1.82, 2.24) is 16.0 Å². The Morgan fingerprint density at radius 2 is 1.33 bits per heavy atom. The molecule has 9 nitrogen and oxygen atoms in total. The fraction of sp³-hybridized carbons (Fsp3) is 0.515. The molecule has 0 aliphatic heterocycles. The second kappa shape index (κ2) is 17.2. The first kappa shape index (κ1) is 34.3. The van der Waals surface area contributed by atoms with Crippen LogP contribution in [0, 0.1) is 0 Å². The number of carbonyl (C=O) groups is 4. The Labute approximate surface area is 249 Å². The number of carbonyl (C=O) groups excluding carboxylic acids is 3. The normalized spacial score (nSPS) is 13.3. The van der Waals surface area contributed by atoms with E-state index in [4.69, 9.17) is 9.84 Å². The van der Waals surface area contributed by atoms with Crippen molar-refractivity contribution in [2.45, 2.75) is 103 Å². The molecule has 2 aromatic rings. The van der Waals surface area contributed by atoms with Gasteiger partial charge in [0.2, 0.25) is 11.8 Å². The highest BCUT2D eigenvalue weighted by molar-refractivity contribution is 5.94. The molecule has 0 unspecified atom stereocenters. The maximum Gasteiger partial charge on any atom is 0.408 e. The van der Waals surface area contributed by atoms with Crippen molar-refractivity contribution < 1.29 is 29.0 Å². The number of rotatable bonds is 17. The molecule has 2 aromatic carbocycles. The summed E-state index contributed by atoms with van der Waals surface area (Å²) in [6.07, 6.45) is 5.13. The predicted octanol–water partition coefficient (Wildman–Crippen LogP) is 5.17. The Kier molecular flexibility index (Phi) is 14.0. The van der Waals surface area contributed by atoms with E-state index in [1.54, 1.807) is 27.7 Å². The van der Waals surface area contributed by atoms with Crippen LogP contribution in [-0.2, 0) is 32.0 Å². The summed E-state index contributed by atoms with van der Waals surface area (Å²) in [6, 6.07) is 17.8. The van der Waals surface area contributed by atoms with Crippen LogP contribution >= 0.6 is 0 Å². The van der Waals surface area contributed by atoms with Crippen molar-refractivity contribution in [1.29, 1.82) is 0 Å². The largest absolute Gasteiger partial charge is 0.481 e. The SMILES string of the molecule is CC(C)(C)OC(=O)N[C@@H](Cc1ccccc1)C(=O)N[C@@](C)(Cc1ccccc1)C(=O)NCCCCCCCCC(=O)O. The Morgan fingerprint density at radius 3 is 1.90 bits per heavy atom. The van der Waals surface area contributed by atoms with Gasteiger partial charge < -0.3 is 25.8 Å². The van der Waals surface area contributed by atoms with E-state index in [0.717, 1.165) is 43.2 Å². The Hall–Kier alpha value is -3.88. The molecule has 3 amide bonds. The van der Waals surface area contributed by atoms with Gasteiger partial charge in [0.15, 0.2) is 0 Å². The van der Waals surface area contributed by atoms with E-state index in [1.165, 1.54) is 0 Å². The van der Waals surface area contributed by atoms with Crippen LogP contribution in [0.15, 0.2) is 60.7 Å². The van der Waals surface area contributed by atoms with Gasteiger partial charge in [0.05, 0.1) is 0 Å². The summed E-state index contributed by atoms with van der Waals surface area (Å²) in [5.41, 5.74) is -0.278. The van der Waals surface area contributed by atoms with Crippen LogP contribution in [0.1, 0.15) is 83.8 Å². The number of benzene rings is 2. The van der Waals surface area contributed by atoms with E-state index in [0.29, 0.717) is 13.0 Å². The van der Waals surface area contributed by atoms with Gasteiger partial charge in [-0.1, -0.05) is 86.3 Å². The minimum Gasteiger partial charge on any atom is -0.481 e. The zero-order valence-electron chi connectivity index (χ0n) is 25.4. The molecular weight excluding hydrogens is 534 g/mol. The van der Waals surface area contributed by atoms with E-state index >= 15 is 0 Å². The van der Waals surface area contributed by atoms with Gasteiger partial charge in [0.1, 0.15) is 17.2 Å². The number of unbranched alkanes of at least 4 members (excludes halogenated alkanes) is 5. The smallest absolute Gasteiger partial charge is 0.408 e. The molecule has 230 valence electrons. The van der Waals surface area contributed by atoms with Crippen LogP contribution < -0.4 is 16.0 Å². The fourth-order valence-electron chi connectivity index (χ4n) is 4.56. The summed E-state index contributed by atoms with van der Waals surface area (Å²) in [4.78, 5) is 50.5. The lowest BCUT2D eigenvalue weighted by molar-refractivity contribution is -0.137. The molecule has 2 rings (SSSR count). The average molecular weight is 582 g/mol. The molecule has 0 fully saturated rings. The Balaban J connectivity index is 2.09. The van der Waals surface area contributed by atoms with Crippen molar-refractivity contribution >= 4 is 23.9 Å². The lowest BCUT2D eigenvalue weighted by Gasteiger charge is -2.32. The third-order valence-electron chi connectivity index (χ3n) is 6.69. The number of aliphatic carboxylic acids is 1. The minimum absolute atomic E-state index is 0.196. The monoisotopic (exact) mass is 581 g/mol. The topological polar surface area (TPSA) is 134 Å². The zero-order valence-corrected chi connectivity index (χ0v) is 25.4. The van der Waals surface area contributed by atoms with Crippen molar-refractivity contribution in [2.24, 2.45) is 0 Å². The van der Waals surface area contributed by atoms with Crippen LogP contribution in [-0.4, -0.2) is 52.7 Å². The number of alkyl carbamates (subject to hydrolysis) is 1. The van der Waals surface area contributed by atoms with Gasteiger partial charge in [-0.3, -0.25) is 14.4 Å². The molecule has 9 heteroatoms. The number of carboxylic acids is 1. The van der Waals surface area contributed by atoms with Crippen LogP contribution in [0.25, 0.3) is 0 Å². The second-order valence-electron chi connectivity index (χ2n) is 11.9. The quantitative estimate of drug-likeness (QED) is 0.191. The molecule has 0 saturated heterocycles. The van der Waals surface area contributed by atoms with Gasteiger partial charge in [-0.05, 0) is 51.7 Å². The summed E-state index contributed by atoms with van der Waals surface area (Å²) in [5, 5.41) is 17.4. The lowest BCUT2D eigenvalue weighted by Crippen LogP contribution is -2.62. The number of nitrogens with one attached hydrogen (secondary N) is 3. The number of amides is 3. The molecule has 0 radical (unpaired) electrons. The Morgan fingerprint density at radius 1 is 0.786 bits per heavy atom. The molecule has 0 spiro atoms. The van der Waals surface area contributed by atoms with Gasteiger partial charge in [0, 0.05) is 25.8 Å². The Bertz CT molecular complexity index is 1130. The van der Waals surface area contributed by atoms with Gasteiger partial charge in [-0.25, -0.2) is 4.79 Å². The van der Waals surface area contributed by atoms with Gasteiger partial charge in [0.25, 0.3) is 0 Å². The van der Waals surface area contributed by atoms with Gasteiger partial charge in [-0.2, -0.15) is 0 Å². The highest BCUT2D eigenvalue weighted by atomic mass is 16.6. The molecule has 0 heterocycles. The molecule has 0 aliphatic rings. The number of hydrogen-bond acceptors (Lipinski definition) is 5. The third kappa shape index (κ3) is 13.7. The first-order chi connectivity index (χ1) is 19.9. The lowest BCUT2D eigenvalue weighted by atomic mass is 9.90. The minimum atomic E-state index is -1.28. The summed E-state index contributed by atoms with van der Waals surface area (Å²) in [6.45, 7) is 7.40. The average Bonchev–Trinajstić information content (AvgIpc) is 2.91. The van der Waals surface area contributed by atoms with Crippen LogP contribution in [0.3, 0.4) is 0 Å². The summed E-state index contributed by atoms with van der Waals surface area (Å²) in [5.74, 6) is -1.56. The van der Waals surface area contributed by atoms with Crippen molar-refractivity contribution in [3.05, 3.63) is 71.8 Å². The molecule has 0 bridgehead atoms. The summed E-state index contributed by atoms with van der Waals surface area (Å²) < 4.78 is 5.41. The van der Waals surface area contributed by atoms with E-state index in [1.807, 2.05) is 60.7 Å². The van der Waals surface area contributed by atoms with Crippen LogP contribution in [0.4, 0.5) is 4.79 Å². The van der Waals surface area contributed by atoms with E-state index < -0.39 is 35.2 Å². The van der Waals surface area contributed by atoms with Crippen molar-refractivity contribution in [3.8, 4) is 0 Å². The molecule has 0 aromatic heterocycles. The first-order valence-corrected chi connectivity index (χ1v) is 14.8. The van der Waals surface area contributed by atoms with Crippen molar-refractivity contribution in [3.63, 3.8) is 0 Å². The molecule has 42 heavy (non-hydrogen) atoms. The van der Waals surface area contributed by atoms with E-state index in [9.17, 15) is 19.2 Å². The number of ether oxygens (including phenoxy) is 1. The van der Waals surface area contributed by atoms with Crippen molar-refractivity contribution in [2.75, 3.05) is 6.54 Å². The molecule has 2 atom stereocenters. The summed E-state index contributed by atoms with van der Waals surface area (Å²) in [7, 11) is 0. The summed E-state index contributed by atoms with van der Waals surface area (Å²) >= 11 is 0. The van der Waals surface area contributed by atoms with E-state index in [-0.39, 0.29) is 25.2 Å². The van der Waals surface area contributed by atoms with E-state index in [2.05, 4.69) is 16.0 Å². The highest BCUT2D eigenvalue weighted by Gasteiger charge is 2.37. The molecular formula is C33H47N3O6. The fourth-order valence-corrected chi connectivity index (χ4v) is 4.56. The standard InChI is InChI=1S/C33H47N3O6/c1-32(2,3)42-31(41)35-27(23-25-17-11-9-12-18-25)29(39)36-33(4,24-26-19-13-10-14-20-26)30(40)34-22-16-8-6-5-7-15-21-28(37)38/h9-14,17-20,27H,5-8,15-16,21-24H2,1-4H3,(H,34,40)(H,35,41)(H,36,39)(H,37,38)/t27-,33-/m0/s1. The number of carboxylic acid groups (broad SMARTS) is 1. The van der Waals surface area contributed by atoms with Crippen LogP contribution in [0.2, 0.25) is 0 Å². The first-order valence-electron chi connectivity index (χ1n) is 14.8. The molecule has 4 N–H and O–H groups in total. The molecule has 0 aliphatic carbocycles. The number of hydrogen-bond donors (Lipinski definition) is 4. The predicted molar refractivity (Wildman–Crippen MR) is 163 cm³/mol. The molecule has 0 saturated carbocycles. The maximum absolute atomic E-state index is 13.7. The highest BCUT2D eigenvalue weighted by Crippen LogP contribution is 2.16. The zero-order chi connectivity index (χ0) is 31.0.